The Labute approximate surface area is 97.7 Å². The molecule has 0 aromatic carbocycles. The number of hydrogen-bond donors (Lipinski definition) is 2. The number of nitrogens with zero attached hydrogens (tertiary/aromatic N) is 3. The van der Waals surface area contributed by atoms with Gasteiger partial charge < -0.3 is 10.4 Å². The van der Waals surface area contributed by atoms with Crippen molar-refractivity contribution in [1.82, 2.24) is 14.9 Å². The molecule has 0 saturated carbocycles. The van der Waals surface area contributed by atoms with Crippen molar-refractivity contribution in [2.75, 3.05) is 0 Å². The molecule has 0 unspecified atom stereocenters. The van der Waals surface area contributed by atoms with Crippen LogP contribution >= 0.6 is 0 Å². The van der Waals surface area contributed by atoms with Gasteiger partial charge in [0.25, 0.3) is 0 Å². The molecule has 90 valence electrons. The van der Waals surface area contributed by atoms with Crippen molar-refractivity contribution >= 4 is 12.0 Å². The number of hydrogen-bond acceptors (Lipinski definition) is 4. The third kappa shape index (κ3) is 3.95. The van der Waals surface area contributed by atoms with E-state index in [1.54, 1.807) is 13.0 Å². The summed E-state index contributed by atoms with van der Waals surface area (Å²) < 4.78 is 0.944. The molecule has 0 fully saturated rings. The highest BCUT2D eigenvalue weighted by Gasteiger charge is 2.10. The Morgan fingerprint density at radius 1 is 1.71 bits per heavy atom. The van der Waals surface area contributed by atoms with E-state index in [0.29, 0.717) is 12.1 Å². The molecule has 0 saturated heterocycles. The Bertz CT molecular complexity index is 460. The molecule has 0 bridgehead atoms. The maximum absolute atomic E-state index is 11.1. The number of carbonyl (C=O) groups is 2. The third-order valence-electron chi connectivity index (χ3n) is 2.02. The summed E-state index contributed by atoms with van der Waals surface area (Å²) >= 11 is 0. The van der Waals surface area contributed by atoms with Crippen molar-refractivity contribution in [2.24, 2.45) is 0 Å². The van der Waals surface area contributed by atoms with Crippen LogP contribution in [-0.2, 0) is 11.2 Å². The summed E-state index contributed by atoms with van der Waals surface area (Å²) in [5, 5.41) is 19.6. The van der Waals surface area contributed by atoms with Crippen LogP contribution in [0.2, 0.25) is 0 Å². The van der Waals surface area contributed by atoms with E-state index in [1.165, 1.54) is 12.5 Å². The number of imidazole rings is 1. The van der Waals surface area contributed by atoms with Crippen LogP contribution < -0.4 is 5.32 Å². The second-order valence-electron chi connectivity index (χ2n) is 3.56. The molecule has 0 radical (unpaired) electrons. The van der Waals surface area contributed by atoms with Crippen LogP contribution in [-0.4, -0.2) is 32.7 Å². The lowest BCUT2D eigenvalue weighted by atomic mass is 10.2. The molecule has 0 aliphatic rings. The van der Waals surface area contributed by atoms with Crippen LogP contribution in [0.15, 0.2) is 12.5 Å². The van der Waals surface area contributed by atoms with E-state index < -0.39 is 6.09 Å². The van der Waals surface area contributed by atoms with Gasteiger partial charge in [0.05, 0.1) is 11.8 Å². The molecular weight excluding hydrogens is 224 g/mol. The highest BCUT2D eigenvalue weighted by atomic mass is 16.4. The summed E-state index contributed by atoms with van der Waals surface area (Å²) in [4.78, 5) is 25.6. The first-order chi connectivity index (χ1) is 8.02. The van der Waals surface area contributed by atoms with Crippen molar-refractivity contribution < 1.29 is 14.7 Å². The molecule has 7 heteroatoms. The quantitative estimate of drug-likeness (QED) is 0.785. The maximum atomic E-state index is 11.1. The summed E-state index contributed by atoms with van der Waals surface area (Å²) in [7, 11) is 0. The number of carbonyl (C=O) groups excluding carboxylic acids is 1. The standard InChI is InChI=1S/C10H12N4O3/c1-7(13-9(15)2-3-11)4-8-5-14(6-12-8)10(16)17/h5-7H,2,4H2,1H3,(H,13,15)(H,16,17)/t7-/m1/s1. The Morgan fingerprint density at radius 2 is 2.41 bits per heavy atom. The number of nitriles is 1. The van der Waals surface area contributed by atoms with Gasteiger partial charge in [-0.25, -0.2) is 14.3 Å². The van der Waals surface area contributed by atoms with Crippen LogP contribution in [0, 0.1) is 11.3 Å². The number of carboxylic acid groups (broad SMARTS) is 1. The smallest absolute Gasteiger partial charge is 0.416 e. The van der Waals surface area contributed by atoms with Crippen LogP contribution in [0.25, 0.3) is 0 Å². The summed E-state index contributed by atoms with van der Waals surface area (Å²) in [5.41, 5.74) is 0.567. The first-order valence-electron chi connectivity index (χ1n) is 4.95. The minimum absolute atomic E-state index is 0.187. The highest BCUT2D eigenvalue weighted by molar-refractivity contribution is 5.78. The monoisotopic (exact) mass is 236 g/mol. The zero-order valence-electron chi connectivity index (χ0n) is 9.25. The highest BCUT2D eigenvalue weighted by Crippen LogP contribution is 2.01. The minimum atomic E-state index is -1.11. The predicted octanol–water partition coefficient (Wildman–Crippen LogP) is 0.370. The molecule has 17 heavy (non-hydrogen) atoms. The zero-order chi connectivity index (χ0) is 12.8. The normalized spacial score (nSPS) is 11.5. The van der Waals surface area contributed by atoms with Gasteiger partial charge in [0, 0.05) is 18.7 Å². The van der Waals surface area contributed by atoms with E-state index in [4.69, 9.17) is 10.4 Å². The Morgan fingerprint density at radius 3 is 2.94 bits per heavy atom. The van der Waals surface area contributed by atoms with Gasteiger partial charge in [-0.05, 0) is 6.92 Å². The molecule has 1 atom stereocenters. The SMILES string of the molecule is C[C@H](Cc1cn(C(=O)O)cn1)NC(=O)CC#N. The van der Waals surface area contributed by atoms with Crippen molar-refractivity contribution in [2.45, 2.75) is 25.8 Å². The number of rotatable bonds is 4. The summed E-state index contributed by atoms with van der Waals surface area (Å²) in [5.74, 6) is -0.349. The molecular formula is C10H12N4O3. The average molecular weight is 236 g/mol. The maximum Gasteiger partial charge on any atom is 0.416 e. The van der Waals surface area contributed by atoms with Gasteiger partial charge >= 0.3 is 6.09 Å². The third-order valence-corrected chi connectivity index (χ3v) is 2.02. The van der Waals surface area contributed by atoms with Crippen molar-refractivity contribution in [1.29, 1.82) is 5.26 Å². The molecule has 0 aliphatic heterocycles. The molecule has 1 aromatic rings. The van der Waals surface area contributed by atoms with Crippen molar-refractivity contribution in [3.05, 3.63) is 18.2 Å². The van der Waals surface area contributed by atoms with E-state index in [0.717, 1.165) is 4.57 Å². The molecule has 0 aliphatic carbocycles. The lowest BCUT2D eigenvalue weighted by Crippen LogP contribution is -2.33. The van der Waals surface area contributed by atoms with Crippen molar-refractivity contribution in [3.63, 3.8) is 0 Å². The second-order valence-corrected chi connectivity index (χ2v) is 3.56. The molecule has 1 rings (SSSR count). The lowest BCUT2D eigenvalue weighted by molar-refractivity contribution is -0.120. The molecule has 1 aromatic heterocycles. The zero-order valence-corrected chi connectivity index (χ0v) is 9.25. The fourth-order valence-corrected chi connectivity index (χ4v) is 1.34. The average Bonchev–Trinajstić information content (AvgIpc) is 2.66. The second kappa shape index (κ2) is 5.65. The first-order valence-corrected chi connectivity index (χ1v) is 4.95. The van der Waals surface area contributed by atoms with E-state index in [1.807, 2.05) is 0 Å². The Hall–Kier alpha value is -2.36. The van der Waals surface area contributed by atoms with Crippen LogP contribution in [0.5, 0.6) is 0 Å². The summed E-state index contributed by atoms with van der Waals surface area (Å²) in [6.45, 7) is 1.76. The van der Waals surface area contributed by atoms with Gasteiger partial charge in [-0.3, -0.25) is 4.79 Å². The van der Waals surface area contributed by atoms with E-state index in [9.17, 15) is 9.59 Å². The molecule has 1 heterocycles. The predicted molar refractivity (Wildman–Crippen MR) is 57.2 cm³/mol. The molecule has 1 amide bonds. The summed E-state index contributed by atoms with van der Waals surface area (Å²) in [6, 6.07) is 1.55. The lowest BCUT2D eigenvalue weighted by Gasteiger charge is -2.10. The van der Waals surface area contributed by atoms with Crippen LogP contribution in [0.3, 0.4) is 0 Å². The molecule has 0 spiro atoms. The van der Waals surface area contributed by atoms with Crippen molar-refractivity contribution in [3.8, 4) is 6.07 Å². The number of nitrogens with one attached hydrogen (secondary N) is 1. The first kappa shape index (κ1) is 12.7. The molecule has 2 N–H and O–H groups in total. The van der Waals surface area contributed by atoms with Crippen LogP contribution in [0.1, 0.15) is 19.0 Å². The fourth-order valence-electron chi connectivity index (χ4n) is 1.34. The summed E-state index contributed by atoms with van der Waals surface area (Å²) in [6.07, 6.45) is 1.70. The number of aromatic nitrogens is 2. The van der Waals surface area contributed by atoms with Gasteiger partial charge in [-0.15, -0.1) is 0 Å². The Kier molecular flexibility index (Phi) is 4.22. The van der Waals surface area contributed by atoms with Gasteiger partial charge in [0.15, 0.2) is 0 Å². The van der Waals surface area contributed by atoms with Crippen LogP contribution in [0.4, 0.5) is 4.79 Å². The minimum Gasteiger partial charge on any atom is -0.464 e. The van der Waals surface area contributed by atoms with Gasteiger partial charge in [0.2, 0.25) is 5.91 Å². The Balaban J connectivity index is 2.50. The fraction of sp³-hybridized carbons (Fsp3) is 0.400. The topological polar surface area (TPSA) is 108 Å². The van der Waals surface area contributed by atoms with Gasteiger partial charge in [-0.1, -0.05) is 0 Å². The number of amides is 1. The van der Waals surface area contributed by atoms with E-state index >= 15 is 0 Å². The largest absolute Gasteiger partial charge is 0.464 e. The molecule has 7 nitrogen and oxygen atoms in total. The van der Waals surface area contributed by atoms with Gasteiger partial charge in [0.1, 0.15) is 12.7 Å². The van der Waals surface area contributed by atoms with E-state index in [2.05, 4.69) is 10.3 Å². The van der Waals surface area contributed by atoms with E-state index in [-0.39, 0.29) is 18.4 Å². The van der Waals surface area contributed by atoms with Gasteiger partial charge in [-0.2, -0.15) is 5.26 Å².